The molecule has 0 aliphatic heterocycles. The zero-order chi connectivity index (χ0) is 10.1. The number of carbonyl (C=O) groups excluding carboxylic acids is 1. The van der Waals surface area contributed by atoms with E-state index in [0.29, 0.717) is 5.78 Å². The molecule has 0 heterocycles. The smallest absolute Gasteiger partial charge is 0.154 e. The van der Waals surface area contributed by atoms with Crippen molar-refractivity contribution in [3.05, 3.63) is 0 Å². The van der Waals surface area contributed by atoms with E-state index in [2.05, 4.69) is 9.47 Å². The van der Waals surface area contributed by atoms with Crippen LogP contribution in [0.3, 0.4) is 0 Å². The molecule has 0 unspecified atom stereocenters. The Morgan fingerprint density at radius 3 is 1.69 bits per heavy atom. The minimum Gasteiger partial charge on any atom is -0.356 e. The van der Waals surface area contributed by atoms with Crippen molar-refractivity contribution in [2.45, 2.75) is 45.3 Å². The first kappa shape index (κ1) is 12.6. The Morgan fingerprint density at radius 1 is 1.08 bits per heavy atom. The summed E-state index contributed by atoms with van der Waals surface area (Å²) in [5, 5.41) is 0. The van der Waals surface area contributed by atoms with Gasteiger partial charge in [0.1, 0.15) is 5.78 Å². The summed E-state index contributed by atoms with van der Waals surface area (Å²) in [6.45, 7) is 1.83. The van der Waals surface area contributed by atoms with Crippen LogP contribution in [0.1, 0.15) is 39.0 Å². The standard InChI is InChI=1S/C6H10O.C4H10O2/c7-6-4-2-1-3-5-6;1-4(5-2)6-3/h1-5H2;4H,1-3H3. The van der Waals surface area contributed by atoms with Crippen LogP contribution >= 0.6 is 0 Å². The maximum Gasteiger partial charge on any atom is 0.154 e. The maximum absolute atomic E-state index is 10.5. The summed E-state index contributed by atoms with van der Waals surface area (Å²) in [6.07, 6.45) is 5.17. The summed E-state index contributed by atoms with van der Waals surface area (Å²) in [5.41, 5.74) is 0. The van der Waals surface area contributed by atoms with Crippen LogP contribution < -0.4 is 0 Å². The van der Waals surface area contributed by atoms with Crippen LogP contribution in [-0.2, 0) is 14.3 Å². The summed E-state index contributed by atoms with van der Waals surface area (Å²) in [5.74, 6) is 0.464. The van der Waals surface area contributed by atoms with Gasteiger partial charge >= 0.3 is 0 Å². The molecule has 0 spiro atoms. The molecule has 0 N–H and O–H groups in total. The lowest BCUT2D eigenvalue weighted by Gasteiger charge is -2.05. The SMILES string of the molecule is COC(C)OC.O=C1CCCCC1. The lowest BCUT2D eigenvalue weighted by Crippen LogP contribution is -2.05. The van der Waals surface area contributed by atoms with Crippen LogP contribution in [0.5, 0.6) is 0 Å². The fourth-order valence-electron chi connectivity index (χ4n) is 1.04. The highest BCUT2D eigenvalue weighted by atomic mass is 16.7. The zero-order valence-corrected chi connectivity index (χ0v) is 8.84. The van der Waals surface area contributed by atoms with Gasteiger partial charge in [-0.25, -0.2) is 0 Å². The third-order valence-electron chi connectivity index (χ3n) is 2.08. The second-order valence-corrected chi connectivity index (χ2v) is 3.14. The molecule has 1 aliphatic rings. The van der Waals surface area contributed by atoms with Crippen LogP contribution in [0.15, 0.2) is 0 Å². The van der Waals surface area contributed by atoms with Crippen molar-refractivity contribution in [1.29, 1.82) is 0 Å². The monoisotopic (exact) mass is 188 g/mol. The van der Waals surface area contributed by atoms with Crippen molar-refractivity contribution in [2.75, 3.05) is 14.2 Å². The summed E-state index contributed by atoms with van der Waals surface area (Å²) in [4.78, 5) is 10.5. The van der Waals surface area contributed by atoms with Gasteiger partial charge in [0.15, 0.2) is 6.29 Å². The van der Waals surface area contributed by atoms with Crippen LogP contribution in [0.25, 0.3) is 0 Å². The summed E-state index contributed by atoms with van der Waals surface area (Å²) in [7, 11) is 3.21. The number of rotatable bonds is 2. The average molecular weight is 188 g/mol. The summed E-state index contributed by atoms with van der Waals surface area (Å²) >= 11 is 0. The molecule has 0 aromatic carbocycles. The third-order valence-corrected chi connectivity index (χ3v) is 2.08. The molecule has 0 atom stereocenters. The van der Waals surface area contributed by atoms with E-state index >= 15 is 0 Å². The first-order chi connectivity index (χ1) is 6.20. The fraction of sp³-hybridized carbons (Fsp3) is 0.900. The van der Waals surface area contributed by atoms with Gasteiger partial charge in [0.25, 0.3) is 0 Å². The van der Waals surface area contributed by atoms with Gasteiger partial charge in [-0.2, -0.15) is 0 Å². The number of hydrogen-bond acceptors (Lipinski definition) is 3. The predicted octanol–water partition coefficient (Wildman–Crippen LogP) is 2.14. The quantitative estimate of drug-likeness (QED) is 0.623. The Balaban J connectivity index is 0.000000226. The number of carbonyl (C=O) groups is 1. The van der Waals surface area contributed by atoms with E-state index in [9.17, 15) is 4.79 Å². The second kappa shape index (κ2) is 8.20. The van der Waals surface area contributed by atoms with Gasteiger partial charge in [0, 0.05) is 27.1 Å². The molecule has 0 aromatic rings. The molecule has 0 amide bonds. The van der Waals surface area contributed by atoms with E-state index in [1.807, 2.05) is 6.92 Å². The lowest BCUT2D eigenvalue weighted by atomic mass is 10.00. The molecule has 0 radical (unpaired) electrons. The molecule has 0 bridgehead atoms. The fourth-order valence-corrected chi connectivity index (χ4v) is 1.04. The largest absolute Gasteiger partial charge is 0.356 e. The summed E-state index contributed by atoms with van der Waals surface area (Å²) in [6, 6.07) is 0. The number of ketones is 1. The molecule has 3 nitrogen and oxygen atoms in total. The average Bonchev–Trinajstić information content (AvgIpc) is 2.19. The Labute approximate surface area is 80.4 Å². The molecular weight excluding hydrogens is 168 g/mol. The van der Waals surface area contributed by atoms with Gasteiger partial charge in [-0.05, 0) is 19.8 Å². The molecule has 78 valence electrons. The van der Waals surface area contributed by atoms with Gasteiger partial charge in [0.05, 0.1) is 0 Å². The van der Waals surface area contributed by atoms with Crippen molar-refractivity contribution in [2.24, 2.45) is 0 Å². The number of hydrogen-bond donors (Lipinski definition) is 0. The zero-order valence-electron chi connectivity index (χ0n) is 8.84. The molecule has 1 saturated carbocycles. The highest BCUT2D eigenvalue weighted by Gasteiger charge is 2.05. The van der Waals surface area contributed by atoms with Crippen LogP contribution in [0.4, 0.5) is 0 Å². The van der Waals surface area contributed by atoms with Gasteiger partial charge < -0.3 is 9.47 Å². The normalized spacial score (nSPS) is 16.8. The molecule has 13 heavy (non-hydrogen) atoms. The Morgan fingerprint density at radius 2 is 1.54 bits per heavy atom. The molecule has 0 saturated heterocycles. The Hall–Kier alpha value is -0.410. The highest BCUT2D eigenvalue weighted by molar-refractivity contribution is 5.78. The van der Waals surface area contributed by atoms with Gasteiger partial charge in [-0.15, -0.1) is 0 Å². The van der Waals surface area contributed by atoms with Crippen molar-refractivity contribution in [3.63, 3.8) is 0 Å². The van der Waals surface area contributed by atoms with E-state index in [0.717, 1.165) is 25.7 Å². The molecule has 0 aromatic heterocycles. The van der Waals surface area contributed by atoms with Gasteiger partial charge in [0.2, 0.25) is 0 Å². The lowest BCUT2D eigenvalue weighted by molar-refractivity contribution is -0.120. The van der Waals surface area contributed by atoms with Crippen molar-refractivity contribution >= 4 is 5.78 Å². The molecule has 1 rings (SSSR count). The van der Waals surface area contributed by atoms with Crippen molar-refractivity contribution < 1.29 is 14.3 Å². The van der Waals surface area contributed by atoms with Gasteiger partial charge in [-0.3, -0.25) is 4.79 Å². The number of methoxy groups -OCH3 is 2. The van der Waals surface area contributed by atoms with E-state index < -0.39 is 0 Å². The predicted molar refractivity (Wildman–Crippen MR) is 51.6 cm³/mol. The van der Waals surface area contributed by atoms with Crippen molar-refractivity contribution in [3.8, 4) is 0 Å². The minimum absolute atomic E-state index is 0.0648. The number of Topliss-reactive ketones (excluding diaryl/α,β-unsaturated/α-hetero) is 1. The molecule has 1 aliphatic carbocycles. The Bertz CT molecular complexity index is 122. The maximum atomic E-state index is 10.5. The Kier molecular flexibility index (Phi) is 7.94. The van der Waals surface area contributed by atoms with E-state index in [1.54, 1.807) is 14.2 Å². The van der Waals surface area contributed by atoms with Gasteiger partial charge in [-0.1, -0.05) is 6.42 Å². The summed E-state index contributed by atoms with van der Waals surface area (Å²) < 4.78 is 9.35. The second-order valence-electron chi connectivity index (χ2n) is 3.14. The van der Waals surface area contributed by atoms with Crippen LogP contribution in [0, 0.1) is 0 Å². The minimum atomic E-state index is -0.0648. The van der Waals surface area contributed by atoms with Crippen molar-refractivity contribution in [1.82, 2.24) is 0 Å². The first-order valence-corrected chi connectivity index (χ1v) is 4.78. The molecule has 1 fully saturated rings. The van der Waals surface area contributed by atoms with E-state index in [1.165, 1.54) is 6.42 Å². The number of ether oxygens (including phenoxy) is 2. The third kappa shape index (κ3) is 7.94. The van der Waals surface area contributed by atoms with E-state index in [4.69, 9.17) is 0 Å². The highest BCUT2D eigenvalue weighted by Crippen LogP contribution is 2.12. The van der Waals surface area contributed by atoms with E-state index in [-0.39, 0.29) is 6.29 Å². The topological polar surface area (TPSA) is 35.5 Å². The van der Waals surface area contributed by atoms with Crippen LogP contribution in [-0.4, -0.2) is 26.3 Å². The first-order valence-electron chi connectivity index (χ1n) is 4.78. The molecular formula is C10H20O3. The van der Waals surface area contributed by atoms with Crippen LogP contribution in [0.2, 0.25) is 0 Å². The molecule has 3 heteroatoms.